The molecule has 0 radical (unpaired) electrons. The number of aromatic nitrogens is 2. The molecule has 0 spiro atoms. The van der Waals surface area contributed by atoms with Crippen molar-refractivity contribution in [3.63, 3.8) is 0 Å². The van der Waals surface area contributed by atoms with E-state index in [1.165, 1.54) is 0 Å². The van der Waals surface area contributed by atoms with Crippen LogP contribution in [-0.2, 0) is 0 Å². The van der Waals surface area contributed by atoms with E-state index in [9.17, 15) is 9.59 Å². The molecule has 0 amide bonds. The van der Waals surface area contributed by atoms with Gasteiger partial charge >= 0.3 is 5.69 Å². The Morgan fingerprint density at radius 3 is 2.50 bits per heavy atom. The Kier molecular flexibility index (Phi) is 5.73. The summed E-state index contributed by atoms with van der Waals surface area (Å²) < 4.78 is 14.0. The molecule has 1 saturated heterocycles. The van der Waals surface area contributed by atoms with Gasteiger partial charge in [-0.3, -0.25) is 9.36 Å². The molecular weight excluding hydrogens is 434 g/mol. The maximum absolute atomic E-state index is 12.9. The van der Waals surface area contributed by atoms with Gasteiger partial charge in [0.1, 0.15) is 17.9 Å². The lowest BCUT2D eigenvalue weighted by atomic mass is 9.91. The number of hydrogen-bond acceptors (Lipinski definition) is 7. The Bertz CT molecular complexity index is 1310. The monoisotopic (exact) mass is 465 g/mol. The summed E-state index contributed by atoms with van der Waals surface area (Å²) in [7, 11) is 1.57. The summed E-state index contributed by atoms with van der Waals surface area (Å²) in [5.74, 6) is 7.68. The normalized spacial score (nSPS) is 21.1. The molecule has 0 bridgehead atoms. The Balaban J connectivity index is 1.46. The van der Waals surface area contributed by atoms with Gasteiger partial charge < -0.3 is 25.9 Å². The summed E-state index contributed by atoms with van der Waals surface area (Å²) in [6, 6.07) is 13.2. The molecule has 2 aromatic carbocycles. The van der Waals surface area contributed by atoms with Crippen molar-refractivity contribution in [3.05, 3.63) is 63.3 Å². The lowest BCUT2D eigenvalue weighted by molar-refractivity contribution is 0.233. The number of fused-ring (bicyclic) bond motifs is 1. The van der Waals surface area contributed by atoms with E-state index in [0.29, 0.717) is 33.9 Å². The molecule has 2 heterocycles. The Labute approximate surface area is 197 Å². The number of nitrogens with two attached hydrogens (primary N) is 2. The zero-order valence-corrected chi connectivity index (χ0v) is 19.5. The van der Waals surface area contributed by atoms with Gasteiger partial charge in [-0.15, -0.1) is 0 Å². The summed E-state index contributed by atoms with van der Waals surface area (Å²) >= 11 is 0. The van der Waals surface area contributed by atoms with Crippen molar-refractivity contribution in [1.82, 2.24) is 9.24 Å². The van der Waals surface area contributed by atoms with Gasteiger partial charge in [-0.25, -0.2) is 4.79 Å². The van der Waals surface area contributed by atoms with Crippen molar-refractivity contribution < 1.29 is 9.47 Å². The second-order valence-electron chi connectivity index (χ2n) is 9.41. The van der Waals surface area contributed by atoms with Crippen LogP contribution >= 0.6 is 0 Å². The van der Waals surface area contributed by atoms with Crippen molar-refractivity contribution in [1.29, 1.82) is 0 Å². The van der Waals surface area contributed by atoms with Gasteiger partial charge in [0.05, 0.1) is 18.2 Å². The van der Waals surface area contributed by atoms with Crippen LogP contribution in [0, 0.1) is 11.8 Å². The molecule has 5 rings (SSSR count). The minimum absolute atomic E-state index is 0.0309. The predicted molar refractivity (Wildman–Crippen MR) is 132 cm³/mol. The highest BCUT2D eigenvalue weighted by atomic mass is 16.5. The molecule has 9 nitrogen and oxygen atoms in total. The maximum Gasteiger partial charge on any atom is 0.350 e. The smallest absolute Gasteiger partial charge is 0.350 e. The van der Waals surface area contributed by atoms with Gasteiger partial charge in [0.2, 0.25) is 0 Å². The van der Waals surface area contributed by atoms with Crippen LogP contribution in [-0.4, -0.2) is 42.1 Å². The summed E-state index contributed by atoms with van der Waals surface area (Å²) in [5, 5.41) is 0.381. The molecule has 2 aliphatic rings. The lowest BCUT2D eigenvalue weighted by Crippen LogP contribution is -2.44. The molecule has 3 aromatic rings. The predicted octanol–water partition coefficient (Wildman–Crippen LogP) is 1.70. The van der Waals surface area contributed by atoms with Crippen LogP contribution in [0.5, 0.6) is 11.5 Å². The molecular formula is C25H31N5O4. The summed E-state index contributed by atoms with van der Waals surface area (Å²) in [5.41, 5.74) is 6.90. The van der Waals surface area contributed by atoms with Crippen LogP contribution in [0.1, 0.15) is 25.8 Å². The first-order chi connectivity index (χ1) is 16.4. The maximum atomic E-state index is 12.9. The average molecular weight is 466 g/mol. The van der Waals surface area contributed by atoms with E-state index in [2.05, 4.69) is 11.8 Å². The lowest BCUT2D eigenvalue weighted by Gasteiger charge is -2.25. The molecule has 4 N–H and O–H groups in total. The number of para-hydroxylation sites is 1. The molecule has 1 saturated carbocycles. The van der Waals surface area contributed by atoms with Crippen molar-refractivity contribution in [3.8, 4) is 11.5 Å². The number of methoxy groups -OCH3 is 1. The first kappa shape index (κ1) is 22.3. The van der Waals surface area contributed by atoms with Gasteiger partial charge in [0.25, 0.3) is 5.56 Å². The zero-order valence-electron chi connectivity index (χ0n) is 19.5. The average Bonchev–Trinajstić information content (AvgIpc) is 3.61. The van der Waals surface area contributed by atoms with E-state index >= 15 is 0 Å². The third kappa shape index (κ3) is 3.79. The molecule has 2 fully saturated rings. The topological polar surface area (TPSA) is 118 Å². The highest BCUT2D eigenvalue weighted by molar-refractivity contribution is 5.90. The Hall–Kier alpha value is -3.46. The molecule has 1 aromatic heterocycles. The van der Waals surface area contributed by atoms with E-state index < -0.39 is 11.2 Å². The van der Waals surface area contributed by atoms with E-state index in [4.69, 9.17) is 21.1 Å². The minimum Gasteiger partial charge on any atom is -0.492 e. The first-order valence-corrected chi connectivity index (χ1v) is 11.7. The molecule has 9 heteroatoms. The van der Waals surface area contributed by atoms with Crippen LogP contribution in [0.4, 0.5) is 5.69 Å². The molecule has 0 unspecified atom stereocenters. The van der Waals surface area contributed by atoms with Gasteiger partial charge in [-0.1, -0.05) is 25.1 Å². The van der Waals surface area contributed by atoms with Crippen molar-refractivity contribution in [2.24, 2.45) is 17.6 Å². The van der Waals surface area contributed by atoms with Crippen LogP contribution in [0.3, 0.4) is 0 Å². The molecule has 34 heavy (non-hydrogen) atoms. The number of ether oxygens (including phenoxy) is 2. The van der Waals surface area contributed by atoms with Crippen molar-refractivity contribution in [2.75, 3.05) is 37.5 Å². The van der Waals surface area contributed by atoms with Gasteiger partial charge in [0, 0.05) is 25.2 Å². The van der Waals surface area contributed by atoms with Crippen molar-refractivity contribution in [2.45, 2.75) is 31.8 Å². The number of benzene rings is 2. The van der Waals surface area contributed by atoms with Crippen molar-refractivity contribution >= 4 is 16.6 Å². The molecule has 1 aliphatic carbocycles. The molecule has 1 aliphatic heterocycles. The van der Waals surface area contributed by atoms with Crippen LogP contribution in [0.15, 0.2) is 52.1 Å². The third-order valence-corrected chi connectivity index (χ3v) is 7.08. The van der Waals surface area contributed by atoms with E-state index in [1.54, 1.807) is 17.7 Å². The number of hydrogen-bond donors (Lipinski definition) is 2. The molecule has 180 valence electrons. The first-order valence-electron chi connectivity index (χ1n) is 11.7. The number of anilines is 1. The fourth-order valence-electron chi connectivity index (χ4n) is 5.10. The van der Waals surface area contributed by atoms with Crippen LogP contribution in [0.25, 0.3) is 10.9 Å². The van der Waals surface area contributed by atoms with Crippen LogP contribution < -0.4 is 37.2 Å². The second-order valence-corrected chi connectivity index (χ2v) is 9.41. The SMILES string of the molecule is COc1c(N2C[C@H]([C@H](N)COc3ccccc3)[C@H](C)C2)ccc2c(=O)n(N)c(=O)n(C3CC3)c12. The Morgan fingerprint density at radius 2 is 1.82 bits per heavy atom. The highest BCUT2D eigenvalue weighted by Gasteiger charge is 2.37. The van der Waals surface area contributed by atoms with Crippen LogP contribution in [0.2, 0.25) is 0 Å². The standard InChI is InChI=1S/C25H31N5O4/c1-15-12-28(13-19(15)20(26)14-34-17-6-4-3-5-7-17)21-11-10-18-22(23(21)33-2)29(16-8-9-16)25(32)30(27)24(18)31/h3-7,10-11,15-16,19-20H,8-9,12-14,26-27H2,1-2H3/t15-,19+,20-/m1/s1. The zero-order chi connectivity index (χ0) is 24.0. The highest BCUT2D eigenvalue weighted by Crippen LogP contribution is 2.42. The largest absolute Gasteiger partial charge is 0.492 e. The fourth-order valence-corrected chi connectivity index (χ4v) is 5.10. The fraction of sp³-hybridized carbons (Fsp3) is 0.440. The second kappa shape index (κ2) is 8.72. The third-order valence-electron chi connectivity index (χ3n) is 7.08. The number of rotatable bonds is 7. The quantitative estimate of drug-likeness (QED) is 0.510. The summed E-state index contributed by atoms with van der Waals surface area (Å²) in [6.45, 7) is 4.13. The van der Waals surface area contributed by atoms with E-state index in [1.807, 2.05) is 36.4 Å². The van der Waals surface area contributed by atoms with E-state index in [0.717, 1.165) is 37.4 Å². The van der Waals surface area contributed by atoms with E-state index in [-0.39, 0.29) is 18.0 Å². The van der Waals surface area contributed by atoms with Gasteiger partial charge in [-0.2, -0.15) is 4.68 Å². The van der Waals surface area contributed by atoms with Gasteiger partial charge in [0.15, 0.2) is 5.75 Å². The Morgan fingerprint density at radius 1 is 1.09 bits per heavy atom. The summed E-state index contributed by atoms with van der Waals surface area (Å²) in [6.07, 6.45) is 1.75. The van der Waals surface area contributed by atoms with Gasteiger partial charge in [-0.05, 0) is 48.9 Å². The number of nitrogens with zero attached hydrogens (tertiary/aromatic N) is 3. The number of nitrogen functional groups attached to an aromatic ring is 1. The minimum atomic E-state index is -0.519. The summed E-state index contributed by atoms with van der Waals surface area (Å²) in [4.78, 5) is 27.8. The molecule has 3 atom stereocenters.